The molecule has 34 heteroatoms. The predicted molar refractivity (Wildman–Crippen MR) is 456 cm³/mol. The van der Waals surface area contributed by atoms with Gasteiger partial charge < -0.3 is 99.5 Å². The summed E-state index contributed by atoms with van der Waals surface area (Å²) in [6, 6.07) is 11.3. The van der Waals surface area contributed by atoms with Gasteiger partial charge >= 0.3 is 29.8 Å². The number of nitrogens with one attached hydrogen (secondary N) is 5. The molecule has 34 nitrogen and oxygen atoms in total. The van der Waals surface area contributed by atoms with E-state index >= 15 is 0 Å². The SMILES string of the molecule is CCCNC(=O)CC[C@H](CC(=O)COCCOCCCC(=O)COCCOCCNC(=O)CCCCCCCCCOc1ccc(C(=O)O)cc1)C(=O)O.CCC[C@H](NC)C(=O)CC[C@@H](CCCCCC(=O)CC[C@H](NC(=O)COCCOCCNC(=O)COCCOCCCC(=O)CCCCCCCCCOc1ccc(C(=O)O)cc1)C(=O)O)C(=O)O. The standard InChI is InChI=1S/C50H81N3O16.C39H62N2O13/c1-3-15-43(51-2)45(56)27-22-38(48(59)60)16-10-9-12-18-41(55)23-26-44(50(63)64)53-47(58)37-68-35-33-66-31-28-52-46(57)36-67-34-32-65-29-14-19-40(54)17-11-7-5-4-6-8-13-30-69-42-24-20-39(21-25-42)49(61)62;1-2-19-40-37(45)18-15-32(39(48)49)28-34(43)30-53-26-24-50-21-10-11-33(42)29-52-27-25-51-23-20-41-36(44)12-8-6-4-3-5-7-9-22-54-35-16-13-31(14-17-35)38(46)47/h20-21,24-25,38,43-44,51H,3-19,22-23,26-37H2,1-2H3,(H,52,57)(H,53,58)(H,59,60)(H,61,62)(H,63,64);13-14,16-17,32H,2-12,15,18-30H2,1H3,(H,40,45)(H,41,44)(H,46,47)(H,48,49)/t38-,43+,44+;32-/m11/s1. The zero-order chi connectivity index (χ0) is 90.6. The molecule has 0 bridgehead atoms. The third kappa shape index (κ3) is 66.4. The van der Waals surface area contributed by atoms with Crippen LogP contribution >= 0.6 is 0 Å². The van der Waals surface area contributed by atoms with E-state index in [9.17, 15) is 82.4 Å². The summed E-state index contributed by atoms with van der Waals surface area (Å²) < 4.78 is 54.2. The Morgan fingerprint density at radius 3 is 1.18 bits per heavy atom. The van der Waals surface area contributed by atoms with Crippen molar-refractivity contribution in [3.05, 3.63) is 59.7 Å². The first-order chi connectivity index (χ1) is 59.4. The van der Waals surface area contributed by atoms with Crippen molar-refractivity contribution in [2.45, 2.75) is 251 Å². The summed E-state index contributed by atoms with van der Waals surface area (Å²) in [4.78, 5) is 166. The smallest absolute Gasteiger partial charge is 0.335 e. The van der Waals surface area contributed by atoms with Gasteiger partial charge in [0.1, 0.15) is 61.3 Å². The highest BCUT2D eigenvalue weighted by Crippen LogP contribution is 2.21. The zero-order valence-electron chi connectivity index (χ0n) is 73.1. The van der Waals surface area contributed by atoms with Crippen molar-refractivity contribution in [2.24, 2.45) is 11.8 Å². The van der Waals surface area contributed by atoms with E-state index in [1.165, 1.54) is 24.3 Å². The summed E-state index contributed by atoms with van der Waals surface area (Å²) in [6.45, 7) is 8.46. The molecule has 0 saturated heterocycles. The molecule has 2 aromatic carbocycles. The molecule has 0 saturated carbocycles. The number of carboxylic acid groups (broad SMARTS) is 5. The molecule has 2 rings (SSSR count). The fourth-order valence-corrected chi connectivity index (χ4v) is 12.3. The van der Waals surface area contributed by atoms with Crippen LogP contribution in [0.5, 0.6) is 11.5 Å². The Morgan fingerprint density at radius 2 is 0.699 bits per heavy atom. The number of amides is 4. The van der Waals surface area contributed by atoms with Gasteiger partial charge in [-0.05, 0) is 139 Å². The van der Waals surface area contributed by atoms with Crippen LogP contribution in [0.25, 0.3) is 0 Å². The normalized spacial score (nSPS) is 12.0. The maximum Gasteiger partial charge on any atom is 0.335 e. The van der Waals surface area contributed by atoms with Gasteiger partial charge in [-0.2, -0.15) is 0 Å². The predicted octanol–water partition coefficient (Wildman–Crippen LogP) is 10.1. The number of ketones is 5. The highest BCUT2D eigenvalue weighted by Gasteiger charge is 2.25. The van der Waals surface area contributed by atoms with E-state index in [0.717, 1.165) is 103 Å². The third-order valence-corrected chi connectivity index (χ3v) is 19.4. The first-order valence-corrected chi connectivity index (χ1v) is 44.0. The van der Waals surface area contributed by atoms with Gasteiger partial charge in [0.2, 0.25) is 23.6 Å². The van der Waals surface area contributed by atoms with Crippen LogP contribution < -0.4 is 36.1 Å². The molecule has 0 aliphatic carbocycles. The number of aliphatic carboxylic acids is 3. The van der Waals surface area contributed by atoms with Crippen LogP contribution in [0.2, 0.25) is 0 Å². The minimum atomic E-state index is -1.28. The largest absolute Gasteiger partial charge is 0.494 e. The maximum absolute atomic E-state index is 12.4. The lowest BCUT2D eigenvalue weighted by Crippen LogP contribution is -2.42. The van der Waals surface area contributed by atoms with Crippen molar-refractivity contribution in [2.75, 3.05) is 146 Å². The molecule has 2 aromatic rings. The summed E-state index contributed by atoms with van der Waals surface area (Å²) in [5.74, 6) is -7.00. The minimum Gasteiger partial charge on any atom is -0.494 e. The highest BCUT2D eigenvalue weighted by atomic mass is 16.5. The van der Waals surface area contributed by atoms with Crippen LogP contribution in [0.4, 0.5) is 0 Å². The number of aromatic carboxylic acids is 2. The molecular formula is C89H143N5O29. The van der Waals surface area contributed by atoms with Crippen molar-refractivity contribution in [3.8, 4) is 11.5 Å². The van der Waals surface area contributed by atoms with E-state index in [1.54, 1.807) is 31.3 Å². The second-order valence-electron chi connectivity index (χ2n) is 29.9. The Morgan fingerprint density at radius 1 is 0.301 bits per heavy atom. The summed E-state index contributed by atoms with van der Waals surface area (Å²) in [5.41, 5.74) is 0.476. The lowest BCUT2D eigenvalue weighted by molar-refractivity contribution is -0.145. The molecular weight excluding hydrogens is 1600 g/mol. The van der Waals surface area contributed by atoms with Crippen LogP contribution in [0, 0.1) is 11.8 Å². The molecule has 0 aliphatic heterocycles. The van der Waals surface area contributed by atoms with Crippen molar-refractivity contribution < 1.29 is 140 Å². The van der Waals surface area contributed by atoms with E-state index in [4.69, 9.17) is 57.6 Å². The van der Waals surface area contributed by atoms with Gasteiger partial charge in [0.05, 0.1) is 108 Å². The van der Waals surface area contributed by atoms with Crippen LogP contribution in [0.3, 0.4) is 0 Å². The van der Waals surface area contributed by atoms with Crippen LogP contribution in [-0.2, 0) is 95.4 Å². The number of carbonyl (C=O) groups is 14. The average molecular weight is 1750 g/mol. The molecule has 0 heterocycles. The van der Waals surface area contributed by atoms with Crippen molar-refractivity contribution >= 4 is 82.4 Å². The Hall–Kier alpha value is -8.74. The number of Topliss-reactive ketones (excluding diaryl/α,β-unsaturated/α-hetero) is 5. The molecule has 0 spiro atoms. The Kier molecular flexibility index (Phi) is 70.2. The molecule has 10 N–H and O–H groups in total. The maximum atomic E-state index is 12.4. The highest BCUT2D eigenvalue weighted by molar-refractivity contribution is 5.89. The molecule has 123 heavy (non-hydrogen) atoms. The zero-order valence-corrected chi connectivity index (χ0v) is 73.1. The number of unbranched alkanes of at least 4 members (excludes halogenated alkanes) is 14. The van der Waals surface area contributed by atoms with Gasteiger partial charge in [-0.3, -0.25) is 52.7 Å². The number of carbonyl (C=O) groups excluding carboxylic acids is 9. The first kappa shape index (κ1) is 112. The summed E-state index contributed by atoms with van der Waals surface area (Å²) in [5, 5.41) is 59.8. The fraction of sp³-hybridized carbons (Fsp3) is 0.708. The number of ether oxygens (including phenoxy) is 10. The van der Waals surface area contributed by atoms with Crippen molar-refractivity contribution in [1.29, 1.82) is 0 Å². The molecule has 0 radical (unpaired) electrons. The topological polar surface area (TPSA) is 493 Å². The molecule has 0 aromatic heterocycles. The summed E-state index contributed by atoms with van der Waals surface area (Å²) in [6.07, 6.45) is 22.3. The number of likely N-dealkylation sites (N-methyl/N-ethyl adjacent to an activating group) is 1. The Labute approximate surface area is 725 Å². The first-order valence-electron chi connectivity index (χ1n) is 44.0. The summed E-state index contributed by atoms with van der Waals surface area (Å²) >= 11 is 0. The van der Waals surface area contributed by atoms with Gasteiger partial charge in [-0.1, -0.05) is 97.3 Å². The monoisotopic (exact) mass is 1750 g/mol. The lowest BCUT2D eigenvalue weighted by atomic mass is 9.92. The minimum absolute atomic E-state index is 0.00379. The van der Waals surface area contributed by atoms with Gasteiger partial charge in [0.15, 0.2) is 11.6 Å². The molecule has 4 amide bonds. The second-order valence-corrected chi connectivity index (χ2v) is 29.9. The lowest BCUT2D eigenvalue weighted by Gasteiger charge is -2.16. The average Bonchev–Trinajstić information content (AvgIpc) is 0.907. The van der Waals surface area contributed by atoms with E-state index in [2.05, 4.69) is 26.6 Å². The number of hydrogen-bond acceptors (Lipinski definition) is 25. The number of hydrogen-bond donors (Lipinski definition) is 10. The molecule has 698 valence electrons. The Balaban J connectivity index is 0.00000127. The van der Waals surface area contributed by atoms with E-state index < -0.39 is 60.2 Å². The van der Waals surface area contributed by atoms with Gasteiger partial charge in [-0.25, -0.2) is 14.4 Å². The fourth-order valence-electron chi connectivity index (χ4n) is 12.3. The van der Waals surface area contributed by atoms with E-state index in [1.807, 2.05) is 13.8 Å². The quantitative estimate of drug-likeness (QED) is 0.0275. The van der Waals surface area contributed by atoms with Crippen LogP contribution in [-0.4, -0.2) is 266 Å². The van der Waals surface area contributed by atoms with E-state index in [0.29, 0.717) is 141 Å². The van der Waals surface area contributed by atoms with Gasteiger partial charge in [0, 0.05) is 90.6 Å². The van der Waals surface area contributed by atoms with Gasteiger partial charge in [0.25, 0.3) is 0 Å². The van der Waals surface area contributed by atoms with Crippen LogP contribution in [0.1, 0.15) is 259 Å². The number of benzene rings is 2. The second kappa shape index (κ2) is 76.9. The van der Waals surface area contributed by atoms with E-state index in [-0.39, 0.29) is 188 Å². The number of carboxylic acids is 5. The van der Waals surface area contributed by atoms with Crippen molar-refractivity contribution in [3.63, 3.8) is 0 Å². The molecule has 0 aliphatic rings. The Bertz CT molecular complexity index is 3250. The summed E-state index contributed by atoms with van der Waals surface area (Å²) in [7, 11) is 1.72. The molecule has 4 atom stereocenters. The molecule has 0 fully saturated rings. The number of rotatable bonds is 85. The van der Waals surface area contributed by atoms with Crippen LogP contribution in [0.15, 0.2) is 48.5 Å². The molecule has 0 unspecified atom stereocenters. The van der Waals surface area contributed by atoms with Crippen molar-refractivity contribution in [1.82, 2.24) is 26.6 Å². The third-order valence-electron chi connectivity index (χ3n) is 19.4. The van der Waals surface area contributed by atoms with Gasteiger partial charge in [-0.15, -0.1) is 0 Å².